The molecule has 3 aromatic rings. The summed E-state index contributed by atoms with van der Waals surface area (Å²) in [5.41, 5.74) is 1.65. The van der Waals surface area contributed by atoms with E-state index in [-0.39, 0.29) is 11.9 Å². The maximum absolute atomic E-state index is 12.9. The number of rotatable bonds is 6. The maximum Gasteiger partial charge on any atom is 0.241 e. The van der Waals surface area contributed by atoms with Crippen LogP contribution in [0.3, 0.4) is 0 Å². The van der Waals surface area contributed by atoms with Gasteiger partial charge in [-0.2, -0.15) is 0 Å². The lowest BCUT2D eigenvalue weighted by molar-refractivity contribution is -0.122. The Bertz CT molecular complexity index is 917. The topological polar surface area (TPSA) is 67.3 Å². The van der Waals surface area contributed by atoms with Crippen molar-refractivity contribution in [3.05, 3.63) is 78.8 Å². The molecule has 1 aliphatic heterocycles. The monoisotopic (exact) mass is 388 g/mol. The second kappa shape index (κ2) is 9.30. The van der Waals surface area contributed by atoms with Crippen molar-refractivity contribution in [2.75, 3.05) is 11.9 Å². The van der Waals surface area contributed by atoms with Gasteiger partial charge < -0.3 is 10.1 Å². The number of carbonyl (C=O) groups excluding carboxylic acids is 1. The van der Waals surface area contributed by atoms with Crippen LogP contribution in [0.1, 0.15) is 25.0 Å². The molecule has 29 heavy (non-hydrogen) atoms. The molecule has 6 nitrogen and oxygen atoms in total. The molecule has 1 saturated heterocycles. The SMILES string of the molecule is O=C(Nc1ccc(Oc2ccccc2)nc1)[C@H]1CCCCN1Cc1ccccn1. The minimum absolute atomic E-state index is 0.000779. The Balaban J connectivity index is 1.38. The van der Waals surface area contributed by atoms with E-state index in [0.29, 0.717) is 18.1 Å². The van der Waals surface area contributed by atoms with E-state index in [2.05, 4.69) is 20.2 Å². The van der Waals surface area contributed by atoms with Crippen LogP contribution in [0.5, 0.6) is 11.6 Å². The van der Waals surface area contributed by atoms with Crippen LogP contribution in [0.15, 0.2) is 73.1 Å². The van der Waals surface area contributed by atoms with E-state index in [1.165, 1.54) is 0 Å². The van der Waals surface area contributed by atoms with E-state index in [0.717, 1.165) is 37.3 Å². The first-order valence-electron chi connectivity index (χ1n) is 9.92. The number of pyridine rings is 2. The third-order valence-corrected chi connectivity index (χ3v) is 4.98. The number of anilines is 1. The first kappa shape index (κ1) is 19.1. The number of ether oxygens (including phenoxy) is 1. The minimum Gasteiger partial charge on any atom is -0.439 e. The van der Waals surface area contributed by atoms with E-state index < -0.39 is 0 Å². The number of aromatic nitrogens is 2. The lowest BCUT2D eigenvalue weighted by Gasteiger charge is -2.34. The molecule has 0 saturated carbocycles. The molecule has 6 heteroatoms. The van der Waals surface area contributed by atoms with Crippen molar-refractivity contribution in [2.24, 2.45) is 0 Å². The van der Waals surface area contributed by atoms with Gasteiger partial charge in [0, 0.05) is 18.8 Å². The van der Waals surface area contributed by atoms with Crippen LogP contribution in [-0.2, 0) is 11.3 Å². The number of hydrogen-bond donors (Lipinski definition) is 1. The van der Waals surface area contributed by atoms with E-state index in [4.69, 9.17) is 4.74 Å². The Morgan fingerprint density at radius 1 is 1.03 bits per heavy atom. The number of piperidine rings is 1. The van der Waals surface area contributed by atoms with Crippen molar-refractivity contribution in [3.63, 3.8) is 0 Å². The number of hydrogen-bond acceptors (Lipinski definition) is 5. The van der Waals surface area contributed by atoms with Gasteiger partial charge in [0.1, 0.15) is 5.75 Å². The predicted octanol–water partition coefficient (Wildman–Crippen LogP) is 4.26. The summed E-state index contributed by atoms with van der Waals surface area (Å²) in [5, 5.41) is 3.00. The molecule has 148 valence electrons. The molecule has 0 aliphatic carbocycles. The highest BCUT2D eigenvalue weighted by Crippen LogP contribution is 2.22. The van der Waals surface area contributed by atoms with Crippen molar-refractivity contribution in [1.29, 1.82) is 0 Å². The molecule has 1 N–H and O–H groups in total. The molecule has 3 heterocycles. The summed E-state index contributed by atoms with van der Waals surface area (Å²) in [7, 11) is 0. The zero-order valence-electron chi connectivity index (χ0n) is 16.2. The van der Waals surface area contributed by atoms with Crippen molar-refractivity contribution in [1.82, 2.24) is 14.9 Å². The Hall–Kier alpha value is -3.25. The first-order chi connectivity index (χ1) is 14.3. The number of likely N-dealkylation sites (tertiary alicyclic amines) is 1. The van der Waals surface area contributed by atoms with Gasteiger partial charge in [-0.15, -0.1) is 0 Å². The van der Waals surface area contributed by atoms with E-state index in [1.807, 2.05) is 54.6 Å². The molecular formula is C23H24N4O2. The van der Waals surface area contributed by atoms with Gasteiger partial charge in [-0.1, -0.05) is 30.7 Å². The average molecular weight is 388 g/mol. The number of amides is 1. The molecule has 0 spiro atoms. The van der Waals surface area contributed by atoms with Crippen molar-refractivity contribution >= 4 is 11.6 Å². The van der Waals surface area contributed by atoms with Gasteiger partial charge >= 0.3 is 0 Å². The predicted molar refractivity (Wildman–Crippen MR) is 112 cm³/mol. The van der Waals surface area contributed by atoms with E-state index in [9.17, 15) is 4.79 Å². The summed E-state index contributed by atoms with van der Waals surface area (Å²) < 4.78 is 5.70. The summed E-state index contributed by atoms with van der Waals surface area (Å²) in [5.74, 6) is 1.21. The van der Waals surface area contributed by atoms with Gasteiger partial charge in [-0.3, -0.25) is 14.7 Å². The molecule has 4 rings (SSSR count). The zero-order chi connectivity index (χ0) is 19.9. The molecule has 1 amide bonds. The van der Waals surface area contributed by atoms with Gasteiger partial charge in [0.2, 0.25) is 11.8 Å². The van der Waals surface area contributed by atoms with Crippen LogP contribution in [0.4, 0.5) is 5.69 Å². The first-order valence-corrected chi connectivity index (χ1v) is 9.92. The lowest BCUT2D eigenvalue weighted by atomic mass is 10.0. The molecule has 1 fully saturated rings. The lowest BCUT2D eigenvalue weighted by Crippen LogP contribution is -2.46. The molecule has 0 unspecified atom stereocenters. The Morgan fingerprint density at radius 3 is 2.66 bits per heavy atom. The third kappa shape index (κ3) is 5.18. The Labute approximate surface area is 170 Å². The molecule has 0 radical (unpaired) electrons. The van der Waals surface area contributed by atoms with Crippen LogP contribution < -0.4 is 10.1 Å². The Morgan fingerprint density at radius 2 is 1.90 bits per heavy atom. The van der Waals surface area contributed by atoms with Crippen LogP contribution in [0.25, 0.3) is 0 Å². The fourth-order valence-electron chi connectivity index (χ4n) is 3.53. The summed E-state index contributed by atoms with van der Waals surface area (Å²) in [6.45, 7) is 1.58. The van der Waals surface area contributed by atoms with Gasteiger partial charge in [0.25, 0.3) is 0 Å². The smallest absolute Gasteiger partial charge is 0.241 e. The second-order valence-corrected chi connectivity index (χ2v) is 7.09. The Kier molecular flexibility index (Phi) is 6.12. The van der Waals surface area contributed by atoms with Gasteiger partial charge in [-0.25, -0.2) is 4.98 Å². The number of benzene rings is 1. The van der Waals surface area contributed by atoms with Crippen LogP contribution in [-0.4, -0.2) is 33.4 Å². The van der Waals surface area contributed by atoms with E-state index >= 15 is 0 Å². The number of para-hydroxylation sites is 1. The summed E-state index contributed by atoms with van der Waals surface area (Å²) in [6, 6.07) is 18.8. The summed E-state index contributed by atoms with van der Waals surface area (Å²) >= 11 is 0. The van der Waals surface area contributed by atoms with Crippen molar-refractivity contribution in [2.45, 2.75) is 31.8 Å². The average Bonchev–Trinajstić information content (AvgIpc) is 2.77. The minimum atomic E-state index is -0.161. The third-order valence-electron chi connectivity index (χ3n) is 4.98. The quantitative estimate of drug-likeness (QED) is 0.683. The molecular weight excluding hydrogens is 364 g/mol. The van der Waals surface area contributed by atoms with Gasteiger partial charge in [-0.05, 0) is 49.7 Å². The highest BCUT2D eigenvalue weighted by atomic mass is 16.5. The molecule has 1 aromatic carbocycles. The van der Waals surface area contributed by atoms with E-state index in [1.54, 1.807) is 18.5 Å². The van der Waals surface area contributed by atoms with Crippen LogP contribution in [0.2, 0.25) is 0 Å². The molecule has 0 bridgehead atoms. The summed E-state index contributed by atoms with van der Waals surface area (Å²) in [6.07, 6.45) is 6.42. The second-order valence-electron chi connectivity index (χ2n) is 7.09. The zero-order valence-corrected chi connectivity index (χ0v) is 16.2. The van der Waals surface area contributed by atoms with Crippen LogP contribution >= 0.6 is 0 Å². The number of nitrogens with zero attached hydrogens (tertiary/aromatic N) is 3. The molecule has 1 aliphatic rings. The fourth-order valence-corrected chi connectivity index (χ4v) is 3.53. The van der Waals surface area contributed by atoms with Crippen LogP contribution in [0, 0.1) is 0 Å². The van der Waals surface area contributed by atoms with Gasteiger partial charge in [0.15, 0.2) is 0 Å². The number of carbonyl (C=O) groups is 1. The fraction of sp³-hybridized carbons (Fsp3) is 0.261. The number of nitrogens with one attached hydrogen (secondary N) is 1. The summed E-state index contributed by atoms with van der Waals surface area (Å²) in [4.78, 5) is 23.8. The maximum atomic E-state index is 12.9. The largest absolute Gasteiger partial charge is 0.439 e. The molecule has 2 aromatic heterocycles. The van der Waals surface area contributed by atoms with Crippen molar-refractivity contribution < 1.29 is 9.53 Å². The van der Waals surface area contributed by atoms with Gasteiger partial charge in [0.05, 0.1) is 23.6 Å². The highest BCUT2D eigenvalue weighted by Gasteiger charge is 2.29. The van der Waals surface area contributed by atoms with Crippen molar-refractivity contribution in [3.8, 4) is 11.6 Å². The standard InChI is InChI=1S/C23H24N4O2/c28-23(21-11-5-7-15-27(21)17-19-8-4-6-14-24-19)26-18-12-13-22(25-16-18)29-20-9-2-1-3-10-20/h1-4,6,8-10,12-14,16,21H,5,7,11,15,17H2,(H,26,28)/t21-/m1/s1. The normalized spacial score (nSPS) is 16.9. The molecule has 1 atom stereocenters. The highest BCUT2D eigenvalue weighted by molar-refractivity contribution is 5.94.